The van der Waals surface area contributed by atoms with E-state index in [0.29, 0.717) is 17.9 Å². The van der Waals surface area contributed by atoms with Gasteiger partial charge in [-0.25, -0.2) is 4.39 Å². The van der Waals surface area contributed by atoms with Gasteiger partial charge in [-0.2, -0.15) is 0 Å². The Hall–Kier alpha value is -3.08. The number of para-hydroxylation sites is 1. The number of hydrogen-bond donors (Lipinski definition) is 1. The number of carbonyl (C=O) groups is 1. The van der Waals surface area contributed by atoms with Crippen LogP contribution in [-0.2, 0) is 4.79 Å². The minimum atomic E-state index is -0.474. The molecule has 0 aliphatic rings. The highest BCUT2D eigenvalue weighted by Gasteiger charge is 2.15. The molecule has 1 heterocycles. The number of halogens is 1. The summed E-state index contributed by atoms with van der Waals surface area (Å²) < 4.78 is 25.2. The summed E-state index contributed by atoms with van der Waals surface area (Å²) in [6.45, 7) is 8.13. The molecule has 0 fully saturated rings. The predicted octanol–water partition coefficient (Wildman–Crippen LogP) is 5.63. The van der Waals surface area contributed by atoms with Gasteiger partial charge in [-0.1, -0.05) is 12.1 Å². The zero-order valence-corrected chi connectivity index (χ0v) is 15.9. The van der Waals surface area contributed by atoms with Crippen molar-refractivity contribution in [1.82, 2.24) is 0 Å². The lowest BCUT2D eigenvalue weighted by Gasteiger charge is -2.11. The molecule has 3 rings (SSSR count). The van der Waals surface area contributed by atoms with E-state index in [1.807, 2.05) is 39.8 Å². The molecule has 0 bridgehead atoms. The Balaban J connectivity index is 1.97. The van der Waals surface area contributed by atoms with Crippen LogP contribution in [0.5, 0.6) is 5.75 Å². The first-order valence-corrected chi connectivity index (χ1v) is 8.81. The van der Waals surface area contributed by atoms with E-state index in [0.717, 1.165) is 27.9 Å². The summed E-state index contributed by atoms with van der Waals surface area (Å²) in [7, 11) is 0. The molecule has 27 heavy (non-hydrogen) atoms. The van der Waals surface area contributed by atoms with Crippen molar-refractivity contribution in [2.75, 3.05) is 11.9 Å². The molecule has 4 nitrogen and oxygen atoms in total. The second-order valence-electron chi connectivity index (χ2n) is 6.36. The number of nitrogens with one attached hydrogen (secondary N) is 1. The summed E-state index contributed by atoms with van der Waals surface area (Å²) >= 11 is 0. The Kier molecular flexibility index (Phi) is 5.31. The van der Waals surface area contributed by atoms with Gasteiger partial charge in [0.15, 0.2) is 0 Å². The number of rotatable bonds is 5. The molecule has 3 aromatic rings. The molecule has 0 unspecified atom stereocenters. The van der Waals surface area contributed by atoms with Gasteiger partial charge in [-0.05, 0) is 57.0 Å². The second kappa shape index (κ2) is 7.66. The van der Waals surface area contributed by atoms with Crippen LogP contribution in [0, 0.1) is 19.7 Å². The number of amides is 1. The third-order valence-electron chi connectivity index (χ3n) is 4.48. The van der Waals surface area contributed by atoms with Crippen molar-refractivity contribution in [3.8, 4) is 5.75 Å². The maximum Gasteiger partial charge on any atom is 0.248 e. The summed E-state index contributed by atoms with van der Waals surface area (Å²) in [4.78, 5) is 12.3. The predicted molar refractivity (Wildman–Crippen MR) is 106 cm³/mol. The molecular formula is C22H22FNO3. The zero-order chi connectivity index (χ0) is 19.6. The molecule has 140 valence electrons. The highest BCUT2D eigenvalue weighted by Crippen LogP contribution is 2.35. The van der Waals surface area contributed by atoms with Crippen molar-refractivity contribution in [2.24, 2.45) is 0 Å². The molecule has 0 saturated carbocycles. The first-order chi connectivity index (χ1) is 12.9. The molecule has 0 aliphatic carbocycles. The van der Waals surface area contributed by atoms with Gasteiger partial charge in [0.25, 0.3) is 0 Å². The number of anilines is 1. The monoisotopic (exact) mass is 367 g/mol. The molecular weight excluding hydrogens is 345 g/mol. The molecule has 0 spiro atoms. The molecule has 1 N–H and O–H groups in total. The van der Waals surface area contributed by atoms with Gasteiger partial charge in [0.05, 0.1) is 12.3 Å². The van der Waals surface area contributed by atoms with Gasteiger partial charge in [-0.3, -0.25) is 4.79 Å². The van der Waals surface area contributed by atoms with Crippen molar-refractivity contribution in [3.05, 3.63) is 65.2 Å². The largest absolute Gasteiger partial charge is 0.493 e. The normalized spacial score (nSPS) is 11.7. The van der Waals surface area contributed by atoms with Crippen LogP contribution in [0.3, 0.4) is 0 Å². The van der Waals surface area contributed by atoms with Crippen molar-refractivity contribution in [1.29, 1.82) is 0 Å². The first-order valence-electron chi connectivity index (χ1n) is 8.81. The van der Waals surface area contributed by atoms with Crippen LogP contribution >= 0.6 is 0 Å². The average Bonchev–Trinajstić information content (AvgIpc) is 2.90. The Bertz CT molecular complexity index is 1030. The number of hydrogen-bond acceptors (Lipinski definition) is 3. The fraction of sp³-hybridized carbons (Fsp3) is 0.227. The van der Waals surface area contributed by atoms with Gasteiger partial charge in [-0.15, -0.1) is 0 Å². The number of aryl methyl sites for hydroxylation is 2. The second-order valence-corrected chi connectivity index (χ2v) is 6.36. The van der Waals surface area contributed by atoms with Crippen molar-refractivity contribution in [2.45, 2.75) is 27.7 Å². The third kappa shape index (κ3) is 3.87. The van der Waals surface area contributed by atoms with E-state index >= 15 is 0 Å². The maximum atomic E-state index is 13.7. The Morgan fingerprint density at radius 2 is 2.00 bits per heavy atom. The van der Waals surface area contributed by atoms with Gasteiger partial charge >= 0.3 is 0 Å². The topological polar surface area (TPSA) is 51.5 Å². The highest BCUT2D eigenvalue weighted by atomic mass is 19.1. The lowest BCUT2D eigenvalue weighted by atomic mass is 10.0. The summed E-state index contributed by atoms with van der Waals surface area (Å²) in [5.41, 5.74) is 3.47. The third-order valence-corrected chi connectivity index (χ3v) is 4.48. The number of fused-ring (bicyclic) bond motifs is 1. The summed E-state index contributed by atoms with van der Waals surface area (Å²) in [5, 5.41) is 3.55. The number of benzene rings is 2. The van der Waals surface area contributed by atoms with E-state index in [2.05, 4.69) is 5.32 Å². The molecule has 0 radical (unpaired) electrons. The van der Waals surface area contributed by atoms with Crippen LogP contribution in [0.1, 0.15) is 30.7 Å². The molecule has 1 amide bonds. The fourth-order valence-corrected chi connectivity index (χ4v) is 2.96. The molecule has 0 aliphatic heterocycles. The van der Waals surface area contributed by atoms with Crippen molar-refractivity contribution in [3.63, 3.8) is 0 Å². The molecule has 2 aromatic carbocycles. The Morgan fingerprint density at radius 3 is 2.70 bits per heavy atom. The van der Waals surface area contributed by atoms with Crippen LogP contribution in [0.2, 0.25) is 0 Å². The van der Waals surface area contributed by atoms with E-state index in [9.17, 15) is 9.18 Å². The average molecular weight is 367 g/mol. The lowest BCUT2D eigenvalue weighted by molar-refractivity contribution is -0.111. The van der Waals surface area contributed by atoms with E-state index in [1.54, 1.807) is 12.1 Å². The molecule has 0 atom stereocenters. The number of allylic oxidation sites excluding steroid dienone is 1. The summed E-state index contributed by atoms with van der Waals surface area (Å²) in [5.74, 6) is 0.618. The first kappa shape index (κ1) is 18.7. The lowest BCUT2D eigenvalue weighted by Crippen LogP contribution is -2.10. The Morgan fingerprint density at radius 1 is 1.26 bits per heavy atom. The summed E-state index contributed by atoms with van der Waals surface area (Å²) in [6, 6.07) is 9.88. The molecule has 5 heteroatoms. The van der Waals surface area contributed by atoms with Crippen LogP contribution in [0.15, 0.2) is 46.9 Å². The van der Waals surface area contributed by atoms with Gasteiger partial charge in [0, 0.05) is 23.1 Å². The van der Waals surface area contributed by atoms with E-state index in [4.69, 9.17) is 9.15 Å². The van der Waals surface area contributed by atoms with E-state index in [1.165, 1.54) is 18.2 Å². The van der Waals surface area contributed by atoms with Gasteiger partial charge in [0.1, 0.15) is 22.9 Å². The minimum absolute atomic E-state index is 0.147. The van der Waals surface area contributed by atoms with Gasteiger partial charge in [0.2, 0.25) is 5.91 Å². The zero-order valence-electron chi connectivity index (χ0n) is 15.9. The standard InChI is InChI=1S/C22H22FNO3/c1-5-26-20-12-21-17(14(3)15(4)27-21)11-16(20)13(2)10-22(25)24-19-9-7-6-8-18(19)23/h6-12H,5H2,1-4H3,(H,24,25)/b13-10+. The van der Waals surface area contributed by atoms with Crippen LogP contribution < -0.4 is 10.1 Å². The van der Waals surface area contributed by atoms with Gasteiger partial charge < -0.3 is 14.5 Å². The number of ether oxygens (including phenoxy) is 1. The Labute approximate surface area is 157 Å². The smallest absolute Gasteiger partial charge is 0.248 e. The maximum absolute atomic E-state index is 13.7. The van der Waals surface area contributed by atoms with Crippen LogP contribution in [0.25, 0.3) is 16.5 Å². The number of furan rings is 1. The molecule has 1 aromatic heterocycles. The quantitative estimate of drug-likeness (QED) is 0.595. The SMILES string of the molecule is CCOc1cc2oc(C)c(C)c2cc1/C(C)=C/C(=O)Nc1ccccc1F. The van der Waals surface area contributed by atoms with Crippen molar-refractivity contribution >= 4 is 28.1 Å². The van der Waals surface area contributed by atoms with Crippen LogP contribution in [-0.4, -0.2) is 12.5 Å². The van der Waals surface area contributed by atoms with Crippen LogP contribution in [0.4, 0.5) is 10.1 Å². The molecule has 0 saturated heterocycles. The van der Waals surface area contributed by atoms with Crippen molar-refractivity contribution < 1.29 is 18.3 Å². The van der Waals surface area contributed by atoms with E-state index < -0.39 is 11.7 Å². The van der Waals surface area contributed by atoms with E-state index in [-0.39, 0.29) is 5.69 Å². The number of carbonyl (C=O) groups excluding carboxylic acids is 1. The fourth-order valence-electron chi connectivity index (χ4n) is 2.96. The highest BCUT2D eigenvalue weighted by molar-refractivity contribution is 6.04. The summed E-state index contributed by atoms with van der Waals surface area (Å²) in [6.07, 6.45) is 1.44. The minimum Gasteiger partial charge on any atom is -0.493 e.